The molecule has 2 aliphatic rings. The summed E-state index contributed by atoms with van der Waals surface area (Å²) in [6.07, 6.45) is 0.357. The number of amides is 2. The number of carbonyl (C=O) groups is 2. The smallest absolute Gasteiger partial charge is 0.309 e. The van der Waals surface area contributed by atoms with Gasteiger partial charge in [0, 0.05) is 19.2 Å². The summed E-state index contributed by atoms with van der Waals surface area (Å²) in [5.74, 6) is -0.314. The van der Waals surface area contributed by atoms with Crippen molar-refractivity contribution >= 4 is 21.8 Å². The Hall–Kier alpha value is -2.37. The van der Waals surface area contributed by atoms with E-state index in [2.05, 4.69) is 10.6 Å². The van der Waals surface area contributed by atoms with Crippen molar-refractivity contribution in [2.75, 3.05) is 39.5 Å². The van der Waals surface area contributed by atoms with Crippen LogP contribution in [0.4, 0.5) is 0 Å². The first-order chi connectivity index (χ1) is 14.8. The molecule has 1 saturated heterocycles. The average molecular weight is 456 g/mol. The summed E-state index contributed by atoms with van der Waals surface area (Å²) in [7, 11) is -3.92. The van der Waals surface area contributed by atoms with E-state index in [1.807, 2.05) is 13.8 Å². The van der Waals surface area contributed by atoms with Crippen LogP contribution in [0.1, 0.15) is 26.7 Å². The van der Waals surface area contributed by atoms with Gasteiger partial charge in [-0.25, -0.2) is 8.42 Å². The van der Waals surface area contributed by atoms with E-state index in [0.29, 0.717) is 50.2 Å². The second-order valence-electron chi connectivity index (χ2n) is 7.75. The summed E-state index contributed by atoms with van der Waals surface area (Å²) in [6, 6.07) is 4.44. The molecule has 0 aliphatic carbocycles. The van der Waals surface area contributed by atoms with Gasteiger partial charge in [-0.3, -0.25) is 9.59 Å². The predicted octanol–water partition coefficient (Wildman–Crippen LogP) is 0.473. The summed E-state index contributed by atoms with van der Waals surface area (Å²) >= 11 is 0. The van der Waals surface area contributed by atoms with Gasteiger partial charge in [0.05, 0.1) is 18.0 Å². The van der Waals surface area contributed by atoms with Crippen LogP contribution in [0.25, 0.3) is 0 Å². The molecular formula is C20H29N3O7S. The van der Waals surface area contributed by atoms with Gasteiger partial charge in [0.15, 0.2) is 11.5 Å². The van der Waals surface area contributed by atoms with Gasteiger partial charge in [-0.1, -0.05) is 13.8 Å². The third-order valence-corrected chi connectivity index (χ3v) is 6.81. The number of sulfonamides is 1. The van der Waals surface area contributed by atoms with Gasteiger partial charge in [-0.05, 0) is 30.9 Å². The van der Waals surface area contributed by atoms with E-state index < -0.39 is 28.1 Å². The van der Waals surface area contributed by atoms with Gasteiger partial charge < -0.3 is 24.8 Å². The first-order valence-corrected chi connectivity index (χ1v) is 11.8. The minimum Gasteiger partial charge on any atom is -0.486 e. The van der Waals surface area contributed by atoms with Gasteiger partial charge in [0.2, 0.25) is 10.0 Å². The molecule has 2 amide bonds. The standard InChI is InChI=1S/C20H29N3O7S/c1-14(2)6-7-21-19(24)20(25)22-13-18-23(8-3-9-30-18)31(26,27)15-4-5-16-17(12-15)29-11-10-28-16/h4-5,12,14,18H,3,6-11,13H2,1-2H3,(H,21,24)(H,22,25). The summed E-state index contributed by atoms with van der Waals surface area (Å²) in [5.41, 5.74) is 0. The first-order valence-electron chi connectivity index (χ1n) is 10.4. The molecule has 1 atom stereocenters. The van der Waals surface area contributed by atoms with E-state index in [-0.39, 0.29) is 18.0 Å². The van der Waals surface area contributed by atoms with Crippen molar-refractivity contribution in [3.8, 4) is 11.5 Å². The van der Waals surface area contributed by atoms with Gasteiger partial charge in [-0.15, -0.1) is 0 Å². The first kappa shape index (κ1) is 23.3. The third kappa shape index (κ3) is 5.86. The average Bonchev–Trinajstić information content (AvgIpc) is 2.76. The minimum atomic E-state index is -3.92. The number of ether oxygens (including phenoxy) is 3. The molecule has 2 aliphatic heterocycles. The van der Waals surface area contributed by atoms with E-state index >= 15 is 0 Å². The number of benzene rings is 1. The summed E-state index contributed by atoms with van der Waals surface area (Å²) in [4.78, 5) is 24.0. The van der Waals surface area contributed by atoms with Crippen LogP contribution >= 0.6 is 0 Å². The highest BCUT2D eigenvalue weighted by atomic mass is 32.2. The molecular weight excluding hydrogens is 426 g/mol. The van der Waals surface area contributed by atoms with Crippen LogP contribution in [0.3, 0.4) is 0 Å². The lowest BCUT2D eigenvalue weighted by molar-refractivity contribution is -0.140. The van der Waals surface area contributed by atoms with Crippen LogP contribution < -0.4 is 20.1 Å². The van der Waals surface area contributed by atoms with Crippen LogP contribution in [0.15, 0.2) is 23.1 Å². The monoisotopic (exact) mass is 455 g/mol. The molecule has 1 aromatic rings. The Labute approximate surface area is 182 Å². The molecule has 1 unspecified atom stereocenters. The molecule has 0 bridgehead atoms. The van der Waals surface area contributed by atoms with Gasteiger partial charge in [0.25, 0.3) is 0 Å². The lowest BCUT2D eigenvalue weighted by Gasteiger charge is -2.34. The Morgan fingerprint density at radius 3 is 2.55 bits per heavy atom. The Kier molecular flexibility index (Phi) is 7.74. The van der Waals surface area contributed by atoms with Crippen molar-refractivity contribution < 1.29 is 32.2 Å². The zero-order valence-electron chi connectivity index (χ0n) is 17.8. The van der Waals surface area contributed by atoms with Crippen molar-refractivity contribution in [3.05, 3.63) is 18.2 Å². The van der Waals surface area contributed by atoms with E-state index in [9.17, 15) is 18.0 Å². The molecule has 0 aromatic heterocycles. The molecule has 2 heterocycles. The van der Waals surface area contributed by atoms with Crippen LogP contribution in [-0.4, -0.2) is 70.2 Å². The molecule has 1 aromatic carbocycles. The van der Waals surface area contributed by atoms with E-state index in [4.69, 9.17) is 14.2 Å². The predicted molar refractivity (Wildman–Crippen MR) is 111 cm³/mol. The lowest BCUT2D eigenvalue weighted by Crippen LogP contribution is -2.53. The van der Waals surface area contributed by atoms with Crippen molar-refractivity contribution in [2.45, 2.75) is 37.8 Å². The van der Waals surface area contributed by atoms with Crippen LogP contribution in [0.2, 0.25) is 0 Å². The number of hydrogen-bond acceptors (Lipinski definition) is 7. The number of nitrogens with zero attached hydrogens (tertiary/aromatic N) is 1. The molecule has 172 valence electrons. The second kappa shape index (κ2) is 10.3. The van der Waals surface area contributed by atoms with Crippen molar-refractivity contribution in [1.82, 2.24) is 14.9 Å². The summed E-state index contributed by atoms with van der Waals surface area (Å²) in [6.45, 7) is 5.64. The van der Waals surface area contributed by atoms with Gasteiger partial charge >= 0.3 is 11.8 Å². The van der Waals surface area contributed by atoms with E-state index in [0.717, 1.165) is 6.42 Å². The third-order valence-electron chi connectivity index (χ3n) is 4.93. The van der Waals surface area contributed by atoms with Crippen LogP contribution in [-0.2, 0) is 24.3 Å². The zero-order valence-corrected chi connectivity index (χ0v) is 18.6. The SMILES string of the molecule is CC(C)CCNC(=O)C(=O)NCC1OCCCN1S(=O)(=O)c1ccc2c(c1)OCCO2. The molecule has 10 nitrogen and oxygen atoms in total. The number of hydrogen-bond donors (Lipinski definition) is 2. The topological polar surface area (TPSA) is 123 Å². The number of nitrogens with one attached hydrogen (secondary N) is 2. The summed E-state index contributed by atoms with van der Waals surface area (Å²) in [5, 5.41) is 5.02. The molecule has 1 fully saturated rings. The normalized spacial score (nSPS) is 19.1. The fourth-order valence-corrected chi connectivity index (χ4v) is 4.82. The molecule has 31 heavy (non-hydrogen) atoms. The van der Waals surface area contributed by atoms with E-state index in [1.165, 1.54) is 16.4 Å². The Morgan fingerprint density at radius 1 is 1.10 bits per heavy atom. The molecule has 2 N–H and O–H groups in total. The molecule has 0 spiro atoms. The fourth-order valence-electron chi connectivity index (χ4n) is 3.24. The zero-order chi connectivity index (χ0) is 22.4. The largest absolute Gasteiger partial charge is 0.486 e. The van der Waals surface area contributed by atoms with Crippen molar-refractivity contribution in [1.29, 1.82) is 0 Å². The van der Waals surface area contributed by atoms with Crippen molar-refractivity contribution in [2.24, 2.45) is 5.92 Å². The maximum absolute atomic E-state index is 13.2. The Bertz CT molecular complexity index is 904. The lowest BCUT2D eigenvalue weighted by atomic mass is 10.1. The Balaban J connectivity index is 1.64. The molecule has 0 radical (unpaired) electrons. The number of fused-ring (bicyclic) bond motifs is 1. The molecule has 3 rings (SSSR count). The second-order valence-corrected chi connectivity index (χ2v) is 9.64. The highest BCUT2D eigenvalue weighted by molar-refractivity contribution is 7.89. The molecule has 11 heteroatoms. The van der Waals surface area contributed by atoms with Gasteiger partial charge in [-0.2, -0.15) is 4.31 Å². The number of carbonyl (C=O) groups excluding carboxylic acids is 2. The Morgan fingerprint density at radius 2 is 1.81 bits per heavy atom. The highest BCUT2D eigenvalue weighted by Gasteiger charge is 2.35. The van der Waals surface area contributed by atoms with Crippen LogP contribution in [0.5, 0.6) is 11.5 Å². The molecule has 0 saturated carbocycles. The van der Waals surface area contributed by atoms with Gasteiger partial charge in [0.1, 0.15) is 19.4 Å². The fraction of sp³-hybridized carbons (Fsp3) is 0.600. The maximum Gasteiger partial charge on any atom is 0.309 e. The number of rotatable bonds is 7. The van der Waals surface area contributed by atoms with E-state index in [1.54, 1.807) is 6.07 Å². The maximum atomic E-state index is 13.2. The minimum absolute atomic E-state index is 0.0463. The summed E-state index contributed by atoms with van der Waals surface area (Å²) < 4.78 is 44.2. The highest BCUT2D eigenvalue weighted by Crippen LogP contribution is 2.34. The quantitative estimate of drug-likeness (QED) is 0.573. The van der Waals surface area contributed by atoms with Crippen LogP contribution in [0, 0.1) is 5.92 Å². The van der Waals surface area contributed by atoms with Crippen molar-refractivity contribution in [3.63, 3.8) is 0 Å².